The van der Waals surface area contributed by atoms with Gasteiger partial charge in [-0.05, 0) is 92.5 Å². The van der Waals surface area contributed by atoms with Gasteiger partial charge in [-0.3, -0.25) is 9.69 Å². The Morgan fingerprint density at radius 3 is 2.43 bits per heavy atom. The zero-order chi connectivity index (χ0) is 30.8. The van der Waals surface area contributed by atoms with Crippen molar-refractivity contribution in [1.29, 1.82) is 0 Å². The van der Waals surface area contributed by atoms with Crippen molar-refractivity contribution >= 4 is 11.6 Å². The lowest BCUT2D eigenvalue weighted by molar-refractivity contribution is 0.0342. The van der Waals surface area contributed by atoms with E-state index in [0.29, 0.717) is 24.8 Å². The van der Waals surface area contributed by atoms with E-state index in [0.717, 1.165) is 109 Å². The topological polar surface area (TPSA) is 95.4 Å². The van der Waals surface area contributed by atoms with Gasteiger partial charge in [0, 0.05) is 67.8 Å². The van der Waals surface area contributed by atoms with Crippen molar-refractivity contribution in [1.82, 2.24) is 15.5 Å². The van der Waals surface area contributed by atoms with Crippen molar-refractivity contribution in [3.05, 3.63) is 87.5 Å². The predicted molar refractivity (Wildman–Crippen MR) is 176 cm³/mol. The summed E-state index contributed by atoms with van der Waals surface area (Å²) in [5.74, 6) is 0.883. The van der Waals surface area contributed by atoms with E-state index in [-0.39, 0.29) is 11.9 Å². The number of nitrogens with zero attached hydrogens (tertiary/aromatic N) is 2. The van der Waals surface area contributed by atoms with Crippen molar-refractivity contribution in [2.45, 2.75) is 65.1 Å². The van der Waals surface area contributed by atoms with Crippen LogP contribution in [0.25, 0.3) is 11.1 Å². The summed E-state index contributed by atoms with van der Waals surface area (Å²) in [6.45, 7) is 11.7. The van der Waals surface area contributed by atoms with Gasteiger partial charge < -0.3 is 30.7 Å². The Labute approximate surface area is 262 Å². The summed E-state index contributed by atoms with van der Waals surface area (Å²) in [5.41, 5.74) is 16.8. The smallest absolute Gasteiger partial charge is 0.251 e. The van der Waals surface area contributed by atoms with Gasteiger partial charge in [0.05, 0.1) is 18.9 Å². The molecular weight excluding hydrogens is 550 g/mol. The van der Waals surface area contributed by atoms with Crippen LogP contribution in [0.3, 0.4) is 0 Å². The van der Waals surface area contributed by atoms with E-state index in [1.807, 2.05) is 6.92 Å². The molecule has 0 aromatic heterocycles. The molecule has 1 aliphatic carbocycles. The van der Waals surface area contributed by atoms with Crippen LogP contribution in [-0.2, 0) is 16.0 Å². The molecule has 3 aliphatic heterocycles. The molecule has 2 saturated heterocycles. The van der Waals surface area contributed by atoms with Gasteiger partial charge >= 0.3 is 0 Å². The Bertz CT molecular complexity index is 1470. The highest BCUT2D eigenvalue weighted by Gasteiger charge is 2.28. The molecule has 0 unspecified atom stereocenters. The van der Waals surface area contributed by atoms with Gasteiger partial charge in [0.2, 0.25) is 0 Å². The van der Waals surface area contributed by atoms with Crippen LogP contribution < -0.4 is 21.3 Å². The number of allylic oxidation sites excluding steroid dienone is 3. The molecule has 4 N–H and O–H groups in total. The molecule has 8 heteroatoms. The fourth-order valence-electron chi connectivity index (χ4n) is 6.80. The molecule has 3 fully saturated rings. The number of dihydropyridines is 1. The molecule has 0 radical (unpaired) electrons. The Balaban J connectivity index is 1.28. The molecule has 44 heavy (non-hydrogen) atoms. The van der Waals surface area contributed by atoms with Gasteiger partial charge in [0.1, 0.15) is 6.61 Å². The van der Waals surface area contributed by atoms with E-state index in [1.54, 1.807) is 0 Å². The van der Waals surface area contributed by atoms with Crippen LogP contribution in [0.15, 0.2) is 70.8 Å². The molecule has 8 nitrogen and oxygen atoms in total. The highest BCUT2D eigenvalue weighted by atomic mass is 16.6. The van der Waals surface area contributed by atoms with Crippen LogP contribution in [0, 0.1) is 6.92 Å². The van der Waals surface area contributed by atoms with E-state index >= 15 is 0 Å². The predicted octanol–water partition coefficient (Wildman–Crippen LogP) is 5.00. The normalized spacial score (nSPS) is 23.9. The number of ether oxygens (including phenoxy) is 2. The van der Waals surface area contributed by atoms with Gasteiger partial charge in [-0.15, -0.1) is 0 Å². The van der Waals surface area contributed by atoms with E-state index in [1.165, 1.54) is 5.56 Å². The maximum Gasteiger partial charge on any atom is 0.251 e. The van der Waals surface area contributed by atoms with Crippen LogP contribution in [0.1, 0.15) is 61.0 Å². The number of nitrogens with one attached hydrogen (secondary N) is 2. The van der Waals surface area contributed by atoms with Crippen LogP contribution in [0.2, 0.25) is 0 Å². The van der Waals surface area contributed by atoms with Crippen LogP contribution in [-0.4, -0.2) is 69.4 Å². The van der Waals surface area contributed by atoms with E-state index in [4.69, 9.17) is 15.2 Å². The summed E-state index contributed by atoms with van der Waals surface area (Å²) in [4.78, 5) is 18.8. The number of rotatable bonds is 8. The highest BCUT2D eigenvalue weighted by Crippen LogP contribution is 2.35. The second kappa shape index (κ2) is 13.2. The lowest BCUT2D eigenvalue weighted by Gasteiger charge is -2.36. The van der Waals surface area contributed by atoms with Crippen molar-refractivity contribution in [2.75, 3.05) is 51.4 Å². The van der Waals surface area contributed by atoms with Crippen molar-refractivity contribution in [2.24, 2.45) is 5.73 Å². The van der Waals surface area contributed by atoms with Gasteiger partial charge in [-0.2, -0.15) is 0 Å². The first-order chi connectivity index (χ1) is 21.3. The number of hydrogen-bond donors (Lipinski definition) is 3. The summed E-state index contributed by atoms with van der Waals surface area (Å²) in [5, 5.41) is 6.69. The largest absolute Gasteiger partial charge is 0.484 e. The molecule has 3 heterocycles. The monoisotopic (exact) mass is 597 g/mol. The Kier molecular flexibility index (Phi) is 9.12. The Hall–Kier alpha value is -3.59. The minimum atomic E-state index is -0.0683. The van der Waals surface area contributed by atoms with Crippen molar-refractivity contribution < 1.29 is 14.3 Å². The average Bonchev–Trinajstić information content (AvgIpc) is 3.87. The minimum Gasteiger partial charge on any atom is -0.484 e. The van der Waals surface area contributed by atoms with Crippen LogP contribution in [0.4, 0.5) is 5.69 Å². The number of carbonyl (C=O) groups excluding carboxylic acids is 1. The van der Waals surface area contributed by atoms with Crippen molar-refractivity contribution in [3.63, 3.8) is 0 Å². The van der Waals surface area contributed by atoms with Gasteiger partial charge in [0.25, 0.3) is 5.91 Å². The maximum atomic E-state index is 14.0. The maximum absolute atomic E-state index is 14.0. The molecule has 4 aliphatic rings. The van der Waals surface area contributed by atoms with Gasteiger partial charge in [0.15, 0.2) is 5.76 Å². The van der Waals surface area contributed by atoms with Gasteiger partial charge in [-0.25, -0.2) is 0 Å². The first-order valence-electron chi connectivity index (χ1n) is 16.1. The highest BCUT2D eigenvalue weighted by molar-refractivity contribution is 5.99. The molecule has 1 amide bonds. The molecule has 6 rings (SSSR count). The van der Waals surface area contributed by atoms with E-state index in [9.17, 15) is 4.79 Å². The first kappa shape index (κ1) is 30.4. The number of hydrogen-bond acceptors (Lipinski definition) is 7. The lowest BCUT2D eigenvalue weighted by atomic mass is 9.89. The summed E-state index contributed by atoms with van der Waals surface area (Å²) in [7, 11) is 2.17. The second-order valence-corrected chi connectivity index (χ2v) is 12.8. The van der Waals surface area contributed by atoms with Gasteiger partial charge in [-0.1, -0.05) is 24.3 Å². The number of amides is 1. The van der Waals surface area contributed by atoms with Crippen LogP contribution in [0.5, 0.6) is 0 Å². The number of carbonyl (C=O) groups is 1. The zero-order valence-corrected chi connectivity index (χ0v) is 26.7. The molecule has 0 atom stereocenters. The second-order valence-electron chi connectivity index (χ2n) is 12.8. The molecule has 0 spiro atoms. The number of anilines is 1. The molecule has 0 bridgehead atoms. The fraction of sp³-hybridized carbons (Fsp3) is 0.472. The van der Waals surface area contributed by atoms with E-state index < -0.39 is 0 Å². The Morgan fingerprint density at radius 2 is 1.75 bits per heavy atom. The molecule has 2 aromatic rings. The SMILES string of the molecule is CC1=CC(C)=C(CNC(=O)c2cc(-c3ccc(CN4CCOCC4)cc3)cc(N(C)[C@H]3CC[C@@H](N)CC3)c2C)/C(=C2\CO2)N1. The van der Waals surface area contributed by atoms with Crippen molar-refractivity contribution in [3.8, 4) is 11.1 Å². The molecule has 234 valence electrons. The van der Waals surface area contributed by atoms with E-state index in [2.05, 4.69) is 83.8 Å². The lowest BCUT2D eigenvalue weighted by Crippen LogP contribution is -2.39. The quantitative estimate of drug-likeness (QED) is 0.369. The summed E-state index contributed by atoms with van der Waals surface area (Å²) in [6, 6.07) is 13.8. The molecule has 1 saturated carbocycles. The number of epoxide rings is 1. The summed E-state index contributed by atoms with van der Waals surface area (Å²) < 4.78 is 11.0. The number of nitrogens with two attached hydrogens (primary N) is 1. The summed E-state index contributed by atoms with van der Waals surface area (Å²) >= 11 is 0. The number of benzene rings is 2. The third-order valence-corrected chi connectivity index (χ3v) is 9.62. The summed E-state index contributed by atoms with van der Waals surface area (Å²) in [6.07, 6.45) is 6.30. The molecular formula is C36H47N5O3. The molecule has 2 aromatic carbocycles. The number of morpholine rings is 1. The average molecular weight is 598 g/mol. The third-order valence-electron chi connectivity index (χ3n) is 9.62. The Morgan fingerprint density at radius 1 is 1.05 bits per heavy atom. The standard InChI is InChI=1S/C36H47N5O3/c1-23-17-24(2)39-35(34-22-44-34)32(23)20-38-36(42)31-18-28(19-33(25(31)3)40(4)30-11-9-29(37)10-12-30)27-7-5-26(6-8-27)21-41-13-15-43-16-14-41/h5-8,17-19,29-30,39H,9-16,20-22,37H2,1-4H3,(H,38,42)/b35-34-/t29-,30+. The first-order valence-corrected chi connectivity index (χ1v) is 16.1. The third kappa shape index (κ3) is 6.88. The fourth-order valence-corrected chi connectivity index (χ4v) is 6.80. The zero-order valence-electron chi connectivity index (χ0n) is 26.7. The van der Waals surface area contributed by atoms with Crippen LogP contribution >= 0.6 is 0 Å². The minimum absolute atomic E-state index is 0.0683.